The minimum absolute atomic E-state index is 0.910. The average molecular weight is 1780 g/mol. The molecule has 0 N–H and O–H groups in total. The number of hydrogen-bond donors (Lipinski definition) is 0. The molecule has 0 bridgehead atoms. The zero-order chi connectivity index (χ0) is 88.5. The first-order chi connectivity index (χ1) is 67.0. The molecule has 0 fully saturated rings. The maximum atomic E-state index is 6.59. The van der Waals surface area contributed by atoms with Crippen LogP contribution in [-0.4, -0.2) is 13.7 Å². The summed E-state index contributed by atoms with van der Waals surface area (Å²) in [5.74, 6) is 0. The summed E-state index contributed by atoms with van der Waals surface area (Å²) >= 11 is 5.66. The predicted molar refractivity (Wildman–Crippen MR) is 575 cm³/mol. The lowest BCUT2D eigenvalue weighted by molar-refractivity contribution is 0.669. The van der Waals surface area contributed by atoms with Gasteiger partial charge >= 0.3 is 0 Å². The predicted octanol–water partition coefficient (Wildman–Crippen LogP) is 37.2. The second-order valence-electron chi connectivity index (χ2n) is 35.0. The summed E-state index contributed by atoms with van der Waals surface area (Å²) in [6, 6.07) is 164. The highest BCUT2D eigenvalue weighted by Gasteiger charge is 2.28. The molecule has 0 aliphatic carbocycles. The lowest BCUT2D eigenvalue weighted by Gasteiger charge is -2.14. The Morgan fingerprint density at radius 1 is 0.170 bits per heavy atom. The number of rotatable bonds is 9. The van der Waals surface area contributed by atoms with E-state index >= 15 is 0 Å². The van der Waals surface area contributed by atoms with Gasteiger partial charge < -0.3 is 27.0 Å². The van der Waals surface area contributed by atoms with Crippen LogP contribution in [0.3, 0.4) is 0 Å². The van der Waals surface area contributed by atoms with Crippen molar-refractivity contribution in [3.05, 3.63) is 455 Å². The molecule has 0 aliphatic rings. The topological polar surface area (TPSA) is 54.2 Å². The van der Waals surface area contributed by atoms with E-state index in [-0.39, 0.29) is 0 Å². The van der Waals surface area contributed by atoms with Crippen LogP contribution in [0, 0.1) is 0 Å². The second kappa shape index (κ2) is 30.9. The summed E-state index contributed by atoms with van der Waals surface area (Å²) in [6.45, 7) is 0. The largest absolute Gasteiger partial charge is 0.456 e. The molecule has 21 aromatic carbocycles. The molecular weight excluding hydrogens is 1700 g/mol. The van der Waals surface area contributed by atoms with Crippen molar-refractivity contribution in [1.82, 2.24) is 13.7 Å². The van der Waals surface area contributed by atoms with Crippen LogP contribution in [0.15, 0.2) is 468 Å². The molecule has 0 saturated carbocycles. The van der Waals surface area contributed by atoms with Crippen molar-refractivity contribution < 1.29 is 13.3 Å². The molecule has 30 rings (SSSR count). The first-order valence-electron chi connectivity index (χ1n) is 45.8. The van der Waals surface area contributed by atoms with E-state index in [0.717, 1.165) is 76.9 Å². The van der Waals surface area contributed by atoms with E-state index in [1.165, 1.54) is 199 Å². The fraction of sp³-hybridized carbons (Fsp3) is 0. The van der Waals surface area contributed by atoms with Crippen molar-refractivity contribution in [2.45, 2.75) is 0 Å². The van der Waals surface area contributed by atoms with Crippen LogP contribution in [0.4, 0.5) is 0 Å². The summed E-state index contributed by atoms with van der Waals surface area (Å²) in [4.78, 5) is 0. The molecule has 0 atom stereocenters. The molecule has 9 heterocycles. The second-order valence-corrected chi connectivity index (χ2v) is 38.2. The van der Waals surface area contributed by atoms with Gasteiger partial charge in [0.15, 0.2) is 0 Å². The third-order valence-electron chi connectivity index (χ3n) is 27.6. The van der Waals surface area contributed by atoms with E-state index in [0.29, 0.717) is 0 Å². The van der Waals surface area contributed by atoms with Gasteiger partial charge in [0.25, 0.3) is 0 Å². The fourth-order valence-corrected chi connectivity index (χ4v) is 25.5. The smallest absolute Gasteiger partial charge is 0.143 e. The van der Waals surface area contributed by atoms with E-state index in [9.17, 15) is 0 Å². The summed E-state index contributed by atoms with van der Waals surface area (Å²) in [5, 5.41) is 21.9. The zero-order valence-corrected chi connectivity index (χ0v) is 75.0. The van der Waals surface area contributed by atoms with Gasteiger partial charge in [-0.25, -0.2) is 0 Å². The van der Waals surface area contributed by atoms with Crippen LogP contribution in [0.25, 0.3) is 276 Å². The minimum Gasteiger partial charge on any atom is -0.456 e. The number of para-hydroxylation sites is 6. The van der Waals surface area contributed by atoms with Gasteiger partial charge in [-0.05, 0) is 221 Å². The standard InChI is InChI=1S/3C42H25NOS/c1-2-13-27(14-3-1)43-35-21-9-8-18-33(35)42-40(43)39-32(20-11-23-37(39)45-42)30-17-7-6-16-29(30)31-19-10-22-36-38(31)34-25-24-26-12-4-5-15-28(26)41(34)44-36;1-2-13-29(14-3-1)43-36-19-9-8-17-34(36)42-41(43)40-33(18-10-20-39(40)45-42)31-16-7-6-15-30(31)28-21-22-32-35-23-26-11-4-5-12-27(26)24-38(35)44-37(32)25-28;1-2-12-28(13-3-1)43-35-19-9-8-17-33(35)42-41(43)40-32(18-10-20-38(40)45-42)31-16-7-6-14-29(31)27-21-23-34-37(25-27)44-36-24-22-26-11-4-5-15-30(26)39(34)36/h3*1-25H. The first kappa shape index (κ1) is 76.9. The van der Waals surface area contributed by atoms with Crippen LogP contribution < -0.4 is 0 Å². The number of aromatic nitrogens is 3. The summed E-state index contributed by atoms with van der Waals surface area (Å²) in [7, 11) is 0. The molecule has 0 spiro atoms. The van der Waals surface area contributed by atoms with Gasteiger partial charge in [0, 0.05) is 101 Å². The Labute approximate surface area is 785 Å². The minimum atomic E-state index is 0.910. The first-order valence-corrected chi connectivity index (χ1v) is 48.3. The van der Waals surface area contributed by atoms with Crippen molar-refractivity contribution in [3.8, 4) is 83.8 Å². The van der Waals surface area contributed by atoms with Crippen molar-refractivity contribution in [2.75, 3.05) is 0 Å². The van der Waals surface area contributed by atoms with Gasteiger partial charge in [-0.1, -0.05) is 328 Å². The molecule has 9 heteroatoms. The van der Waals surface area contributed by atoms with Crippen molar-refractivity contribution in [1.29, 1.82) is 0 Å². The molecule has 6 nitrogen and oxygen atoms in total. The Balaban J connectivity index is 0.000000101. The zero-order valence-electron chi connectivity index (χ0n) is 72.6. The summed E-state index contributed by atoms with van der Waals surface area (Å²) < 4.78 is 34.7. The maximum Gasteiger partial charge on any atom is 0.143 e. The number of furan rings is 3. The highest BCUT2D eigenvalue weighted by atomic mass is 32.1. The molecule has 0 saturated heterocycles. The van der Waals surface area contributed by atoms with E-state index in [2.05, 4.69) is 469 Å². The number of benzene rings is 21. The van der Waals surface area contributed by atoms with Crippen LogP contribution >= 0.6 is 34.0 Å². The summed E-state index contributed by atoms with van der Waals surface area (Å²) in [6.07, 6.45) is 0. The number of hydrogen-bond acceptors (Lipinski definition) is 6. The van der Waals surface area contributed by atoms with Gasteiger partial charge in [-0.15, -0.1) is 34.0 Å². The summed E-state index contributed by atoms with van der Waals surface area (Å²) in [5.41, 5.74) is 31.0. The van der Waals surface area contributed by atoms with Crippen molar-refractivity contribution >= 4 is 226 Å². The molecule has 30 aromatic rings. The highest BCUT2D eigenvalue weighted by molar-refractivity contribution is 7.27. The third-order valence-corrected chi connectivity index (χ3v) is 31.1. The normalized spacial score (nSPS) is 12.0. The number of nitrogens with zero attached hydrogens (tertiary/aromatic N) is 3. The Kier molecular flexibility index (Phi) is 17.6. The molecule has 135 heavy (non-hydrogen) atoms. The molecule has 0 radical (unpaired) electrons. The molecule has 9 aromatic heterocycles. The van der Waals surface area contributed by atoms with E-state index in [4.69, 9.17) is 13.3 Å². The van der Waals surface area contributed by atoms with Crippen molar-refractivity contribution in [2.24, 2.45) is 0 Å². The molecule has 630 valence electrons. The monoisotopic (exact) mass is 1770 g/mol. The van der Waals surface area contributed by atoms with Gasteiger partial charge in [0.1, 0.15) is 33.5 Å². The lowest BCUT2D eigenvalue weighted by Crippen LogP contribution is -1.94. The Bertz CT molecular complexity index is 10100. The fourth-order valence-electron chi connectivity index (χ4n) is 21.8. The maximum absolute atomic E-state index is 6.59. The third kappa shape index (κ3) is 12.1. The SMILES string of the molecule is c1ccc(-n2c3ccccc3c3sc4cccc(-c5ccccc5-c5ccc6c(c5)oc5cc7ccccc7cc56)c4c32)cc1.c1ccc(-n2c3ccccc3c3sc4cccc(-c5ccccc5-c5ccc6c(c5)oc5ccc7ccccc7c56)c4c32)cc1.c1ccc(-n2c3ccccc3c3sc4cccc(-c5ccccc5-c5cccc6oc7c8ccccc8ccc7c56)c4c32)cc1. The Morgan fingerprint density at radius 2 is 0.504 bits per heavy atom. The quantitative estimate of drug-likeness (QED) is 0.145. The molecule has 0 amide bonds. The van der Waals surface area contributed by atoms with E-state index in [1.54, 1.807) is 0 Å². The number of fused-ring (bicyclic) bond motifs is 29. The van der Waals surface area contributed by atoms with Gasteiger partial charge in [0.05, 0.1) is 47.2 Å². The van der Waals surface area contributed by atoms with Crippen LogP contribution in [0.5, 0.6) is 0 Å². The Morgan fingerprint density at radius 3 is 0.993 bits per heavy atom. The van der Waals surface area contributed by atoms with Gasteiger partial charge in [-0.2, -0.15) is 0 Å². The lowest BCUT2D eigenvalue weighted by atomic mass is 9.90. The average Bonchev–Trinajstić information content (AvgIpc) is 1.56. The Hall–Kier alpha value is -16.9. The van der Waals surface area contributed by atoms with Crippen molar-refractivity contribution in [3.63, 3.8) is 0 Å². The molecule has 0 unspecified atom stereocenters. The molecular formula is C126H75N3O3S3. The van der Waals surface area contributed by atoms with E-state index in [1.807, 2.05) is 34.0 Å². The highest BCUT2D eigenvalue weighted by Crippen LogP contribution is 2.54. The van der Waals surface area contributed by atoms with Crippen LogP contribution in [-0.2, 0) is 0 Å². The van der Waals surface area contributed by atoms with E-state index < -0.39 is 0 Å². The van der Waals surface area contributed by atoms with Crippen LogP contribution in [0.2, 0.25) is 0 Å². The van der Waals surface area contributed by atoms with Crippen LogP contribution in [0.1, 0.15) is 0 Å². The number of thiophene rings is 3. The van der Waals surface area contributed by atoms with Gasteiger partial charge in [-0.3, -0.25) is 0 Å². The van der Waals surface area contributed by atoms with Gasteiger partial charge in [0.2, 0.25) is 0 Å². The molecule has 0 aliphatic heterocycles.